The van der Waals surface area contributed by atoms with Crippen LogP contribution in [0.4, 0.5) is 4.39 Å². The molecule has 0 heterocycles. The number of nitrogens with one attached hydrogen (secondary N) is 1. The van der Waals surface area contributed by atoms with Crippen molar-refractivity contribution < 1.29 is 19.0 Å². The maximum atomic E-state index is 13.7. The molecule has 0 aliphatic heterocycles. The first-order chi connectivity index (χ1) is 9.40. The summed E-state index contributed by atoms with van der Waals surface area (Å²) >= 11 is 0. The van der Waals surface area contributed by atoms with E-state index < -0.39 is 11.5 Å². The second-order valence-corrected chi connectivity index (χ2v) is 5.01. The van der Waals surface area contributed by atoms with E-state index in [0.29, 0.717) is 24.9 Å². The molecule has 0 aromatic heterocycles. The molecule has 0 aliphatic rings. The molecular formula is C15H22FNO3. The van der Waals surface area contributed by atoms with E-state index in [1.807, 2.05) is 6.92 Å². The molecule has 4 nitrogen and oxygen atoms in total. The van der Waals surface area contributed by atoms with E-state index in [4.69, 9.17) is 4.74 Å². The number of rotatable bonds is 8. The summed E-state index contributed by atoms with van der Waals surface area (Å²) in [5.74, 6) is -1.04. The predicted molar refractivity (Wildman–Crippen MR) is 75.6 cm³/mol. The molecule has 2 N–H and O–H groups in total. The van der Waals surface area contributed by atoms with Crippen LogP contribution in [0, 0.1) is 12.7 Å². The van der Waals surface area contributed by atoms with Crippen LogP contribution in [-0.4, -0.2) is 29.8 Å². The van der Waals surface area contributed by atoms with Gasteiger partial charge in [0, 0.05) is 0 Å². The van der Waals surface area contributed by atoms with Gasteiger partial charge >= 0.3 is 5.97 Å². The van der Waals surface area contributed by atoms with E-state index in [-0.39, 0.29) is 18.2 Å². The minimum Gasteiger partial charge on any atom is -0.491 e. The normalized spacial score (nSPS) is 13.8. The SMILES string of the molecule is CCNC(C)(CCCOc1cccc(C)c1F)C(=O)O. The quantitative estimate of drug-likeness (QED) is 0.720. The van der Waals surface area contributed by atoms with Gasteiger partial charge in [0.2, 0.25) is 0 Å². The second-order valence-electron chi connectivity index (χ2n) is 5.01. The number of hydrogen-bond donors (Lipinski definition) is 2. The number of benzene rings is 1. The largest absolute Gasteiger partial charge is 0.491 e. The fourth-order valence-electron chi connectivity index (χ4n) is 2.00. The number of carboxylic acid groups (broad SMARTS) is 1. The van der Waals surface area contributed by atoms with Crippen molar-refractivity contribution in [1.29, 1.82) is 0 Å². The van der Waals surface area contributed by atoms with Gasteiger partial charge in [0.15, 0.2) is 11.6 Å². The Morgan fingerprint density at radius 1 is 1.50 bits per heavy atom. The van der Waals surface area contributed by atoms with Gasteiger partial charge in [-0.3, -0.25) is 4.79 Å². The summed E-state index contributed by atoms with van der Waals surface area (Å²) in [5, 5.41) is 12.1. The fourth-order valence-corrected chi connectivity index (χ4v) is 2.00. The van der Waals surface area contributed by atoms with Crippen molar-refractivity contribution in [2.75, 3.05) is 13.2 Å². The lowest BCUT2D eigenvalue weighted by molar-refractivity contribution is -0.144. The molecule has 0 spiro atoms. The lowest BCUT2D eigenvalue weighted by atomic mass is 9.96. The molecule has 1 aromatic carbocycles. The van der Waals surface area contributed by atoms with E-state index in [1.165, 1.54) is 0 Å². The fraction of sp³-hybridized carbons (Fsp3) is 0.533. The molecule has 1 atom stereocenters. The summed E-state index contributed by atoms with van der Waals surface area (Å²) < 4.78 is 19.1. The van der Waals surface area contributed by atoms with Gasteiger partial charge in [-0.1, -0.05) is 19.1 Å². The predicted octanol–water partition coefficient (Wildman–Crippen LogP) is 2.75. The van der Waals surface area contributed by atoms with Crippen molar-refractivity contribution >= 4 is 5.97 Å². The topological polar surface area (TPSA) is 58.6 Å². The number of carbonyl (C=O) groups is 1. The van der Waals surface area contributed by atoms with Crippen LogP contribution >= 0.6 is 0 Å². The number of hydrogen-bond acceptors (Lipinski definition) is 3. The maximum Gasteiger partial charge on any atom is 0.323 e. The highest BCUT2D eigenvalue weighted by molar-refractivity contribution is 5.78. The zero-order valence-corrected chi connectivity index (χ0v) is 12.2. The number of aliphatic carboxylic acids is 1. The van der Waals surface area contributed by atoms with E-state index >= 15 is 0 Å². The van der Waals surface area contributed by atoms with Gasteiger partial charge < -0.3 is 15.2 Å². The zero-order valence-electron chi connectivity index (χ0n) is 12.2. The minimum absolute atomic E-state index is 0.213. The third kappa shape index (κ3) is 4.20. The monoisotopic (exact) mass is 283 g/mol. The van der Waals surface area contributed by atoms with Gasteiger partial charge in [0.1, 0.15) is 5.54 Å². The molecular weight excluding hydrogens is 261 g/mol. The zero-order chi connectivity index (χ0) is 15.2. The number of carboxylic acids is 1. The molecule has 0 bridgehead atoms. The Morgan fingerprint density at radius 3 is 2.80 bits per heavy atom. The van der Waals surface area contributed by atoms with Crippen LogP contribution in [0.15, 0.2) is 18.2 Å². The Hall–Kier alpha value is -1.62. The van der Waals surface area contributed by atoms with Crippen molar-refractivity contribution in [2.45, 2.75) is 39.2 Å². The van der Waals surface area contributed by atoms with E-state index in [2.05, 4.69) is 5.32 Å². The molecule has 0 saturated carbocycles. The number of aryl methyl sites for hydroxylation is 1. The van der Waals surface area contributed by atoms with Crippen molar-refractivity contribution in [2.24, 2.45) is 0 Å². The number of ether oxygens (including phenoxy) is 1. The van der Waals surface area contributed by atoms with Crippen LogP contribution < -0.4 is 10.1 Å². The Balaban J connectivity index is 2.48. The van der Waals surface area contributed by atoms with Gasteiger partial charge in [0.25, 0.3) is 0 Å². The van der Waals surface area contributed by atoms with Crippen LogP contribution in [0.2, 0.25) is 0 Å². The van der Waals surface area contributed by atoms with Gasteiger partial charge in [0.05, 0.1) is 6.61 Å². The van der Waals surface area contributed by atoms with E-state index in [0.717, 1.165) is 0 Å². The molecule has 5 heteroatoms. The highest BCUT2D eigenvalue weighted by Crippen LogP contribution is 2.20. The van der Waals surface area contributed by atoms with Crippen LogP contribution in [0.25, 0.3) is 0 Å². The second kappa shape index (κ2) is 7.24. The summed E-state index contributed by atoms with van der Waals surface area (Å²) in [6, 6.07) is 4.98. The molecule has 20 heavy (non-hydrogen) atoms. The van der Waals surface area contributed by atoms with Gasteiger partial charge in [-0.2, -0.15) is 0 Å². The average molecular weight is 283 g/mol. The van der Waals surface area contributed by atoms with Crippen molar-refractivity contribution in [1.82, 2.24) is 5.32 Å². The number of halogens is 1. The van der Waals surface area contributed by atoms with Crippen LogP contribution in [-0.2, 0) is 4.79 Å². The van der Waals surface area contributed by atoms with E-state index in [1.54, 1.807) is 32.0 Å². The number of likely N-dealkylation sites (N-methyl/N-ethyl adjacent to an activating group) is 1. The maximum absolute atomic E-state index is 13.7. The summed E-state index contributed by atoms with van der Waals surface area (Å²) in [5.41, 5.74) is -0.436. The van der Waals surface area contributed by atoms with Crippen LogP contribution in [0.5, 0.6) is 5.75 Å². The highest BCUT2D eigenvalue weighted by atomic mass is 19.1. The van der Waals surface area contributed by atoms with Crippen molar-refractivity contribution in [3.05, 3.63) is 29.6 Å². The van der Waals surface area contributed by atoms with Crippen LogP contribution in [0.1, 0.15) is 32.3 Å². The van der Waals surface area contributed by atoms with Gasteiger partial charge in [-0.15, -0.1) is 0 Å². The Morgan fingerprint density at radius 2 is 2.20 bits per heavy atom. The van der Waals surface area contributed by atoms with Crippen LogP contribution in [0.3, 0.4) is 0 Å². The van der Waals surface area contributed by atoms with Gasteiger partial charge in [-0.05, 0) is 44.9 Å². The Kier molecular flexibility index (Phi) is 5.95. The van der Waals surface area contributed by atoms with E-state index in [9.17, 15) is 14.3 Å². The summed E-state index contributed by atoms with van der Waals surface area (Å²) in [4.78, 5) is 11.2. The molecule has 1 unspecified atom stereocenters. The minimum atomic E-state index is -0.969. The summed E-state index contributed by atoms with van der Waals surface area (Å²) in [6.45, 7) is 6.05. The molecule has 1 aromatic rings. The third-order valence-electron chi connectivity index (χ3n) is 3.27. The molecule has 0 amide bonds. The Bertz CT molecular complexity index is 464. The first-order valence-electron chi connectivity index (χ1n) is 6.77. The molecule has 0 fully saturated rings. The molecule has 0 saturated heterocycles. The smallest absolute Gasteiger partial charge is 0.323 e. The standard InChI is InChI=1S/C15H22FNO3/c1-4-17-15(3,14(18)19)9-6-10-20-12-8-5-7-11(2)13(12)16/h5,7-8,17H,4,6,9-10H2,1-3H3,(H,18,19). The summed E-state index contributed by atoms with van der Waals surface area (Å²) in [7, 11) is 0. The summed E-state index contributed by atoms with van der Waals surface area (Å²) in [6.07, 6.45) is 0.951. The lowest BCUT2D eigenvalue weighted by Crippen LogP contribution is -2.49. The first-order valence-corrected chi connectivity index (χ1v) is 6.77. The van der Waals surface area contributed by atoms with Crippen molar-refractivity contribution in [3.63, 3.8) is 0 Å². The third-order valence-corrected chi connectivity index (χ3v) is 3.27. The molecule has 1 rings (SSSR count). The van der Waals surface area contributed by atoms with Crippen molar-refractivity contribution in [3.8, 4) is 5.75 Å². The Labute approximate surface area is 119 Å². The van der Waals surface area contributed by atoms with Gasteiger partial charge in [-0.25, -0.2) is 4.39 Å². The highest BCUT2D eigenvalue weighted by Gasteiger charge is 2.31. The molecule has 0 aliphatic carbocycles. The molecule has 112 valence electrons. The average Bonchev–Trinajstić information content (AvgIpc) is 2.39. The lowest BCUT2D eigenvalue weighted by Gasteiger charge is -2.25. The first kappa shape index (κ1) is 16.4. The molecule has 0 radical (unpaired) electrons.